The van der Waals surface area contributed by atoms with Crippen LogP contribution in [0.25, 0.3) is 21.5 Å². The van der Waals surface area contributed by atoms with E-state index in [1.54, 1.807) is 6.07 Å². The van der Waals surface area contributed by atoms with Crippen molar-refractivity contribution in [2.45, 2.75) is 18.4 Å². The second kappa shape index (κ2) is 5.93. The van der Waals surface area contributed by atoms with Gasteiger partial charge in [-0.15, -0.1) is 0 Å². The first-order valence-electron chi connectivity index (χ1n) is 9.93. The van der Waals surface area contributed by atoms with Gasteiger partial charge in [-0.1, -0.05) is 72.8 Å². The first-order valence-corrected chi connectivity index (χ1v) is 9.93. The molecule has 6 rings (SSSR count). The molecule has 1 aliphatic heterocycles. The van der Waals surface area contributed by atoms with Crippen molar-refractivity contribution < 1.29 is 4.39 Å². The number of hydrogen-bond donors (Lipinski definition) is 1. The number of halogens is 1. The fraction of sp³-hybridized carbons (Fsp3) is 0.154. The largest absolute Gasteiger partial charge is 0.375 e. The van der Waals surface area contributed by atoms with E-state index in [1.807, 2.05) is 6.07 Å². The summed E-state index contributed by atoms with van der Waals surface area (Å²) < 4.78 is 14.8. The van der Waals surface area contributed by atoms with Crippen LogP contribution in [0.3, 0.4) is 0 Å². The lowest BCUT2D eigenvalue weighted by Gasteiger charge is -2.38. The number of rotatable bonds is 1. The highest BCUT2D eigenvalue weighted by molar-refractivity contribution is 6.03. The van der Waals surface area contributed by atoms with E-state index in [9.17, 15) is 4.39 Å². The van der Waals surface area contributed by atoms with Crippen molar-refractivity contribution in [3.8, 4) is 0 Å². The lowest BCUT2D eigenvalue weighted by atomic mass is 9.75. The Hall–Kier alpha value is -3.13. The van der Waals surface area contributed by atoms with Crippen LogP contribution in [-0.2, 0) is 0 Å². The van der Waals surface area contributed by atoms with E-state index in [0.29, 0.717) is 11.6 Å². The van der Waals surface area contributed by atoms with E-state index in [4.69, 9.17) is 0 Å². The lowest BCUT2D eigenvalue weighted by molar-refractivity contribution is 0.424. The van der Waals surface area contributed by atoms with E-state index < -0.39 is 0 Å². The maximum atomic E-state index is 14.8. The highest BCUT2D eigenvalue weighted by atomic mass is 19.1. The van der Waals surface area contributed by atoms with E-state index in [2.05, 4.69) is 78.1 Å². The molecular weight excluding hydrogens is 345 g/mol. The standard InChI is InChI=1S/C26H20FN/c27-23-14-6-13-21-20-11-5-12-22(20)26(28-25(21)23)24-18-9-3-1-7-16(18)15-17-8-2-4-10-19(17)24/h1-11,13-15,20,22,26,28H,12H2/t20-,22-,26+/m0/s1. The van der Waals surface area contributed by atoms with Gasteiger partial charge in [0.15, 0.2) is 0 Å². The van der Waals surface area contributed by atoms with E-state index >= 15 is 0 Å². The zero-order valence-electron chi connectivity index (χ0n) is 15.4. The zero-order chi connectivity index (χ0) is 18.7. The predicted molar refractivity (Wildman–Crippen MR) is 114 cm³/mol. The molecule has 3 atom stereocenters. The van der Waals surface area contributed by atoms with Gasteiger partial charge >= 0.3 is 0 Å². The minimum Gasteiger partial charge on any atom is -0.375 e. The van der Waals surface area contributed by atoms with Crippen LogP contribution in [0.5, 0.6) is 0 Å². The summed E-state index contributed by atoms with van der Waals surface area (Å²) in [7, 11) is 0. The number of allylic oxidation sites excluding steroid dienone is 2. The third kappa shape index (κ3) is 2.18. The van der Waals surface area contributed by atoms with Crippen molar-refractivity contribution in [1.82, 2.24) is 0 Å². The smallest absolute Gasteiger partial charge is 0.146 e. The zero-order valence-corrected chi connectivity index (χ0v) is 15.4. The molecule has 0 unspecified atom stereocenters. The molecule has 2 heteroatoms. The summed E-state index contributed by atoms with van der Waals surface area (Å²) in [6.45, 7) is 0. The van der Waals surface area contributed by atoms with E-state index in [0.717, 1.165) is 12.0 Å². The van der Waals surface area contributed by atoms with E-state index in [1.165, 1.54) is 27.1 Å². The Morgan fingerprint density at radius 1 is 0.821 bits per heavy atom. The second-order valence-corrected chi connectivity index (χ2v) is 7.91. The summed E-state index contributed by atoms with van der Waals surface area (Å²) in [5, 5.41) is 8.60. The Labute approximate surface area is 163 Å². The molecule has 1 nitrogen and oxygen atoms in total. The summed E-state index contributed by atoms with van der Waals surface area (Å²) in [6.07, 6.45) is 5.54. The van der Waals surface area contributed by atoms with Gasteiger partial charge in [-0.3, -0.25) is 0 Å². The third-order valence-corrected chi connectivity index (χ3v) is 6.47. The fourth-order valence-corrected chi connectivity index (χ4v) is 5.25. The molecule has 0 spiro atoms. The van der Waals surface area contributed by atoms with Crippen molar-refractivity contribution in [2.75, 3.05) is 5.32 Å². The Kier molecular flexibility index (Phi) is 3.37. The van der Waals surface area contributed by atoms with Gasteiger partial charge in [-0.25, -0.2) is 4.39 Å². The molecule has 0 bridgehead atoms. The maximum Gasteiger partial charge on any atom is 0.146 e. The molecule has 1 heterocycles. The van der Waals surface area contributed by atoms with Gasteiger partial charge in [0.05, 0.1) is 11.7 Å². The van der Waals surface area contributed by atoms with Gasteiger partial charge in [-0.2, -0.15) is 0 Å². The number of anilines is 1. The molecule has 0 saturated heterocycles. The van der Waals surface area contributed by atoms with E-state index in [-0.39, 0.29) is 17.8 Å². The fourth-order valence-electron chi connectivity index (χ4n) is 5.25. The monoisotopic (exact) mass is 365 g/mol. The molecule has 2 aliphatic rings. The van der Waals surface area contributed by atoms with Gasteiger partial charge in [-0.05, 0) is 57.1 Å². The number of hydrogen-bond acceptors (Lipinski definition) is 1. The molecule has 4 aromatic rings. The van der Waals surface area contributed by atoms with Crippen molar-refractivity contribution in [2.24, 2.45) is 5.92 Å². The molecule has 0 fully saturated rings. The lowest BCUT2D eigenvalue weighted by Crippen LogP contribution is -2.30. The van der Waals surface area contributed by atoms with Gasteiger partial charge in [0, 0.05) is 5.92 Å². The van der Waals surface area contributed by atoms with Gasteiger partial charge in [0.25, 0.3) is 0 Å². The minimum atomic E-state index is -0.161. The van der Waals surface area contributed by atoms with Crippen LogP contribution >= 0.6 is 0 Å². The molecule has 0 radical (unpaired) electrons. The summed E-state index contributed by atoms with van der Waals surface area (Å²) in [5.41, 5.74) is 3.04. The van der Waals surface area contributed by atoms with Crippen LogP contribution in [0.4, 0.5) is 10.1 Å². The van der Waals surface area contributed by atoms with Crippen molar-refractivity contribution in [3.63, 3.8) is 0 Å². The minimum absolute atomic E-state index is 0.0698. The summed E-state index contributed by atoms with van der Waals surface area (Å²) in [4.78, 5) is 0. The first-order chi connectivity index (χ1) is 13.8. The Morgan fingerprint density at radius 3 is 2.29 bits per heavy atom. The van der Waals surface area contributed by atoms with Crippen molar-refractivity contribution >= 4 is 27.2 Å². The number of fused-ring (bicyclic) bond motifs is 5. The van der Waals surface area contributed by atoms with Crippen LogP contribution in [0.1, 0.15) is 29.5 Å². The third-order valence-electron chi connectivity index (χ3n) is 6.47. The predicted octanol–water partition coefficient (Wildman–Crippen LogP) is 6.96. The molecule has 0 saturated carbocycles. The van der Waals surface area contributed by atoms with Gasteiger partial charge in [0.1, 0.15) is 5.82 Å². The van der Waals surface area contributed by atoms with Crippen LogP contribution in [0.15, 0.2) is 84.9 Å². The molecular formula is C26H20FN. The summed E-state index contributed by atoms with van der Waals surface area (Å²) in [6, 6.07) is 24.9. The Bertz CT molecular complexity index is 1200. The quantitative estimate of drug-likeness (QED) is 0.284. The van der Waals surface area contributed by atoms with Gasteiger partial charge < -0.3 is 5.32 Å². The van der Waals surface area contributed by atoms with Crippen molar-refractivity contribution in [3.05, 3.63) is 102 Å². The topological polar surface area (TPSA) is 12.0 Å². The van der Waals surface area contributed by atoms with Crippen molar-refractivity contribution in [1.29, 1.82) is 0 Å². The molecule has 1 aliphatic carbocycles. The average molecular weight is 365 g/mol. The molecule has 136 valence electrons. The first kappa shape index (κ1) is 15.9. The molecule has 1 N–H and O–H groups in total. The average Bonchev–Trinajstić information content (AvgIpc) is 3.22. The van der Waals surface area contributed by atoms with Crippen LogP contribution < -0.4 is 5.32 Å². The highest BCUT2D eigenvalue weighted by Crippen LogP contribution is 2.52. The normalized spacial score (nSPS) is 22.8. The van der Waals surface area contributed by atoms with Crippen LogP contribution in [0, 0.1) is 11.7 Å². The Morgan fingerprint density at radius 2 is 1.54 bits per heavy atom. The number of nitrogens with one attached hydrogen (secondary N) is 1. The SMILES string of the molecule is Fc1cccc2c1N[C@@H](c1c3ccccc3cc3ccccc13)[C@H]1CC=C[C@@H]21. The highest BCUT2D eigenvalue weighted by Gasteiger charge is 2.39. The van der Waals surface area contributed by atoms with Gasteiger partial charge in [0.2, 0.25) is 0 Å². The van der Waals surface area contributed by atoms with Crippen LogP contribution in [0.2, 0.25) is 0 Å². The summed E-state index contributed by atoms with van der Waals surface area (Å²) >= 11 is 0. The number of benzene rings is 4. The molecule has 0 amide bonds. The summed E-state index contributed by atoms with van der Waals surface area (Å²) in [5.74, 6) is 0.490. The molecule has 0 aromatic heterocycles. The Balaban J connectivity index is 1.66. The van der Waals surface area contributed by atoms with Crippen LogP contribution in [-0.4, -0.2) is 0 Å². The molecule has 28 heavy (non-hydrogen) atoms. The second-order valence-electron chi connectivity index (χ2n) is 7.91. The maximum absolute atomic E-state index is 14.8. The molecule has 4 aromatic carbocycles. The number of para-hydroxylation sites is 1.